The maximum Gasteiger partial charge on any atom is 0.242 e. The van der Waals surface area contributed by atoms with Gasteiger partial charge in [0, 0.05) is 12.7 Å². The van der Waals surface area contributed by atoms with Crippen LogP contribution in [0.2, 0.25) is 0 Å². The van der Waals surface area contributed by atoms with Crippen molar-refractivity contribution in [1.82, 2.24) is 9.71 Å². The molecule has 0 amide bonds. The fourth-order valence-electron chi connectivity index (χ4n) is 1.84. The number of nitrogens with zero attached hydrogens (tertiary/aromatic N) is 1. The molecule has 5 nitrogen and oxygen atoms in total. The minimum absolute atomic E-state index is 0.157. The summed E-state index contributed by atoms with van der Waals surface area (Å²) in [5.74, 6) is -0.471. The van der Waals surface area contributed by atoms with E-state index in [0.717, 1.165) is 37.7 Å². The molecule has 0 saturated heterocycles. The number of halogens is 1. The molecule has 1 unspecified atom stereocenters. The summed E-state index contributed by atoms with van der Waals surface area (Å²) in [6.45, 7) is 2.87. The van der Waals surface area contributed by atoms with E-state index >= 15 is 0 Å². The monoisotopic (exact) mass is 289 g/mol. The van der Waals surface area contributed by atoms with E-state index in [1.807, 2.05) is 6.92 Å². The molecule has 0 aromatic carbocycles. The van der Waals surface area contributed by atoms with Gasteiger partial charge in [0.1, 0.15) is 10.7 Å². The van der Waals surface area contributed by atoms with Crippen molar-refractivity contribution in [3.05, 3.63) is 24.3 Å². The highest BCUT2D eigenvalue weighted by Gasteiger charge is 2.17. The second-order valence-electron chi connectivity index (χ2n) is 4.42. The van der Waals surface area contributed by atoms with E-state index in [4.69, 9.17) is 5.73 Å². The fraction of sp³-hybridized carbons (Fsp3) is 0.583. The first kappa shape index (κ1) is 16.0. The summed E-state index contributed by atoms with van der Waals surface area (Å²) in [4.78, 5) is 3.38. The van der Waals surface area contributed by atoms with Crippen LogP contribution in [0.5, 0.6) is 0 Å². The van der Waals surface area contributed by atoms with E-state index in [2.05, 4.69) is 9.71 Å². The van der Waals surface area contributed by atoms with Crippen LogP contribution < -0.4 is 10.5 Å². The summed E-state index contributed by atoms with van der Waals surface area (Å²) in [7, 11) is -3.71. The second-order valence-corrected chi connectivity index (χ2v) is 6.19. The van der Waals surface area contributed by atoms with Gasteiger partial charge >= 0.3 is 0 Å². The molecule has 19 heavy (non-hydrogen) atoms. The third-order valence-corrected chi connectivity index (χ3v) is 4.21. The van der Waals surface area contributed by atoms with E-state index in [9.17, 15) is 12.8 Å². The summed E-state index contributed by atoms with van der Waals surface area (Å²) in [6, 6.07) is 0.951. The molecule has 1 rings (SSSR count). The lowest BCUT2D eigenvalue weighted by molar-refractivity contribution is 0.443. The highest BCUT2D eigenvalue weighted by Crippen LogP contribution is 2.12. The van der Waals surface area contributed by atoms with Crippen LogP contribution >= 0.6 is 0 Å². The van der Waals surface area contributed by atoms with E-state index in [0.29, 0.717) is 13.1 Å². The normalized spacial score (nSPS) is 13.4. The molecule has 3 N–H and O–H groups in total. The molecule has 1 atom stereocenters. The average Bonchev–Trinajstić information content (AvgIpc) is 2.37. The van der Waals surface area contributed by atoms with E-state index < -0.39 is 15.8 Å². The number of pyridine rings is 1. The minimum atomic E-state index is -3.71. The van der Waals surface area contributed by atoms with Crippen LogP contribution in [0.15, 0.2) is 23.4 Å². The van der Waals surface area contributed by atoms with Gasteiger partial charge in [-0.3, -0.25) is 4.98 Å². The number of rotatable bonds is 8. The zero-order valence-corrected chi connectivity index (χ0v) is 11.8. The van der Waals surface area contributed by atoms with Crippen molar-refractivity contribution in [3.63, 3.8) is 0 Å². The topological polar surface area (TPSA) is 85.1 Å². The quantitative estimate of drug-likeness (QED) is 0.754. The van der Waals surface area contributed by atoms with Gasteiger partial charge in [-0.2, -0.15) is 0 Å². The molecule has 0 bridgehead atoms. The fourth-order valence-corrected chi connectivity index (χ4v) is 2.93. The first-order valence-corrected chi connectivity index (χ1v) is 7.78. The van der Waals surface area contributed by atoms with Gasteiger partial charge in [0.25, 0.3) is 0 Å². The molecule has 0 spiro atoms. The lowest BCUT2D eigenvalue weighted by atomic mass is 10.0. The van der Waals surface area contributed by atoms with Crippen LogP contribution in [0.25, 0.3) is 0 Å². The van der Waals surface area contributed by atoms with Crippen molar-refractivity contribution in [1.29, 1.82) is 0 Å². The van der Waals surface area contributed by atoms with Crippen LogP contribution in [-0.2, 0) is 10.0 Å². The predicted molar refractivity (Wildman–Crippen MR) is 71.5 cm³/mol. The maximum absolute atomic E-state index is 13.0. The largest absolute Gasteiger partial charge is 0.330 e. The number of sulfonamides is 1. The van der Waals surface area contributed by atoms with E-state index in [-0.39, 0.29) is 10.8 Å². The molecule has 1 aromatic heterocycles. The number of hydrogen-bond acceptors (Lipinski definition) is 4. The Balaban J connectivity index is 2.69. The van der Waals surface area contributed by atoms with E-state index in [1.54, 1.807) is 0 Å². The van der Waals surface area contributed by atoms with Gasteiger partial charge in [-0.05, 0) is 31.4 Å². The van der Waals surface area contributed by atoms with Crippen LogP contribution in [0.1, 0.15) is 26.2 Å². The van der Waals surface area contributed by atoms with Crippen LogP contribution in [0.3, 0.4) is 0 Å². The summed E-state index contributed by atoms with van der Waals surface area (Å²) in [5, 5.41) is 0. The van der Waals surface area contributed by atoms with Crippen LogP contribution in [0, 0.1) is 11.7 Å². The van der Waals surface area contributed by atoms with Crippen molar-refractivity contribution in [2.24, 2.45) is 11.7 Å². The van der Waals surface area contributed by atoms with Crippen LogP contribution in [-0.4, -0.2) is 26.5 Å². The Morgan fingerprint density at radius 1 is 1.42 bits per heavy atom. The van der Waals surface area contributed by atoms with Gasteiger partial charge in [0.05, 0.1) is 6.20 Å². The highest BCUT2D eigenvalue weighted by atomic mass is 32.2. The second kappa shape index (κ2) is 7.52. The Labute approximate surface area is 113 Å². The molecule has 0 saturated carbocycles. The molecule has 1 aromatic rings. The van der Waals surface area contributed by atoms with Crippen molar-refractivity contribution in [2.45, 2.75) is 31.1 Å². The molecule has 108 valence electrons. The number of aromatic nitrogens is 1. The van der Waals surface area contributed by atoms with Gasteiger partial charge in [0.2, 0.25) is 10.0 Å². The molecule has 0 aliphatic rings. The van der Waals surface area contributed by atoms with Crippen molar-refractivity contribution in [2.75, 3.05) is 13.1 Å². The maximum atomic E-state index is 13.0. The average molecular weight is 289 g/mol. The van der Waals surface area contributed by atoms with Gasteiger partial charge in [0.15, 0.2) is 0 Å². The standard InChI is InChI=1S/C12H20FN3O2S/c1-2-3-10(4-5-14)7-16-19(17,18)12-6-11(13)8-15-9-12/h6,8-10,16H,2-5,7,14H2,1H3. The SMILES string of the molecule is CCCC(CCN)CNS(=O)(=O)c1cncc(F)c1. The Kier molecular flexibility index (Phi) is 6.33. The van der Waals surface area contributed by atoms with E-state index in [1.165, 1.54) is 0 Å². The Bertz CT molecular complexity index is 488. The van der Waals surface area contributed by atoms with Crippen molar-refractivity contribution < 1.29 is 12.8 Å². The summed E-state index contributed by atoms with van der Waals surface area (Å²) in [6.07, 6.45) is 4.73. The molecule has 1 heterocycles. The number of hydrogen-bond donors (Lipinski definition) is 2. The minimum Gasteiger partial charge on any atom is -0.330 e. The van der Waals surface area contributed by atoms with Gasteiger partial charge < -0.3 is 5.73 Å². The van der Waals surface area contributed by atoms with Gasteiger partial charge in [-0.1, -0.05) is 13.3 Å². The third-order valence-electron chi connectivity index (χ3n) is 2.82. The Morgan fingerprint density at radius 2 is 2.16 bits per heavy atom. The first-order chi connectivity index (χ1) is 8.99. The summed E-state index contributed by atoms with van der Waals surface area (Å²) < 4.78 is 39.3. The molecule has 0 aliphatic heterocycles. The van der Waals surface area contributed by atoms with Crippen molar-refractivity contribution >= 4 is 10.0 Å². The first-order valence-electron chi connectivity index (χ1n) is 6.30. The molecule has 0 aliphatic carbocycles. The number of nitrogens with one attached hydrogen (secondary N) is 1. The highest BCUT2D eigenvalue weighted by molar-refractivity contribution is 7.89. The van der Waals surface area contributed by atoms with Gasteiger partial charge in [-0.15, -0.1) is 0 Å². The van der Waals surface area contributed by atoms with Crippen molar-refractivity contribution in [3.8, 4) is 0 Å². The van der Waals surface area contributed by atoms with Gasteiger partial charge in [-0.25, -0.2) is 17.5 Å². The number of nitrogens with two attached hydrogens (primary N) is 1. The summed E-state index contributed by atoms with van der Waals surface area (Å²) in [5.41, 5.74) is 5.49. The molecule has 0 radical (unpaired) electrons. The molecular weight excluding hydrogens is 269 g/mol. The zero-order chi connectivity index (χ0) is 14.3. The molecular formula is C12H20FN3O2S. The Hall–Kier alpha value is -1.05. The van der Waals surface area contributed by atoms with Crippen LogP contribution in [0.4, 0.5) is 4.39 Å². The lowest BCUT2D eigenvalue weighted by Gasteiger charge is -2.15. The Morgan fingerprint density at radius 3 is 2.74 bits per heavy atom. The third kappa shape index (κ3) is 5.22. The summed E-state index contributed by atoms with van der Waals surface area (Å²) >= 11 is 0. The lowest BCUT2D eigenvalue weighted by Crippen LogP contribution is -2.30. The molecule has 7 heteroatoms. The zero-order valence-electron chi connectivity index (χ0n) is 11.0. The predicted octanol–water partition coefficient (Wildman–Crippen LogP) is 1.26. The molecule has 0 fully saturated rings. The smallest absolute Gasteiger partial charge is 0.242 e.